The molecule has 0 amide bonds. The van der Waals surface area contributed by atoms with Gasteiger partial charge in [-0.3, -0.25) is 0 Å². The SMILES string of the molecule is C#CCn1c(CCC)nc(-c2ccc(Br)c(Cl)c2)c1N. The number of imidazole rings is 1. The number of aromatic nitrogens is 2. The average molecular weight is 353 g/mol. The van der Waals surface area contributed by atoms with Gasteiger partial charge in [0.1, 0.15) is 17.3 Å². The van der Waals surface area contributed by atoms with E-state index in [1.165, 1.54) is 0 Å². The molecule has 5 heteroatoms. The highest BCUT2D eigenvalue weighted by atomic mass is 79.9. The molecule has 0 spiro atoms. The van der Waals surface area contributed by atoms with Crippen molar-refractivity contribution in [1.29, 1.82) is 0 Å². The summed E-state index contributed by atoms with van der Waals surface area (Å²) in [5.41, 5.74) is 7.82. The number of hydrogen-bond acceptors (Lipinski definition) is 2. The van der Waals surface area contributed by atoms with Crippen molar-refractivity contribution in [1.82, 2.24) is 9.55 Å². The smallest absolute Gasteiger partial charge is 0.132 e. The number of halogens is 2. The molecule has 0 saturated heterocycles. The first-order chi connectivity index (χ1) is 9.58. The van der Waals surface area contributed by atoms with E-state index >= 15 is 0 Å². The normalized spacial score (nSPS) is 10.5. The maximum Gasteiger partial charge on any atom is 0.132 e. The maximum absolute atomic E-state index is 6.19. The molecule has 0 unspecified atom stereocenters. The summed E-state index contributed by atoms with van der Waals surface area (Å²) in [4.78, 5) is 4.63. The predicted molar refractivity (Wildman–Crippen MR) is 87.6 cm³/mol. The van der Waals surface area contributed by atoms with E-state index in [1.54, 1.807) is 0 Å². The minimum Gasteiger partial charge on any atom is -0.383 e. The third-order valence-corrected chi connectivity index (χ3v) is 4.23. The number of hydrogen-bond donors (Lipinski definition) is 1. The van der Waals surface area contributed by atoms with Crippen molar-refractivity contribution in [3.8, 4) is 23.6 Å². The lowest BCUT2D eigenvalue weighted by molar-refractivity contribution is 0.733. The van der Waals surface area contributed by atoms with E-state index in [0.717, 1.165) is 34.4 Å². The van der Waals surface area contributed by atoms with Crippen molar-refractivity contribution in [2.45, 2.75) is 26.3 Å². The Bertz CT molecular complexity index is 670. The van der Waals surface area contributed by atoms with E-state index < -0.39 is 0 Å². The van der Waals surface area contributed by atoms with Crippen LogP contribution < -0.4 is 5.73 Å². The van der Waals surface area contributed by atoms with Crippen LogP contribution in [0.4, 0.5) is 5.82 Å². The molecule has 0 saturated carbocycles. The molecule has 0 atom stereocenters. The van der Waals surface area contributed by atoms with Crippen molar-refractivity contribution in [2.24, 2.45) is 0 Å². The molecular formula is C15H15BrClN3. The van der Waals surface area contributed by atoms with Gasteiger partial charge in [-0.15, -0.1) is 6.42 Å². The van der Waals surface area contributed by atoms with Gasteiger partial charge in [-0.25, -0.2) is 4.98 Å². The van der Waals surface area contributed by atoms with Gasteiger partial charge in [-0.2, -0.15) is 0 Å². The Labute approximate surface area is 132 Å². The predicted octanol–water partition coefficient (Wildman–Crippen LogP) is 4.13. The van der Waals surface area contributed by atoms with Gasteiger partial charge in [0.25, 0.3) is 0 Å². The van der Waals surface area contributed by atoms with E-state index in [4.69, 9.17) is 23.8 Å². The molecule has 0 aliphatic carbocycles. The number of terminal acetylenes is 1. The average Bonchev–Trinajstić information content (AvgIpc) is 2.72. The van der Waals surface area contributed by atoms with Crippen LogP contribution in [0, 0.1) is 12.3 Å². The Hall–Kier alpha value is -1.44. The summed E-state index contributed by atoms with van der Waals surface area (Å²) in [6, 6.07) is 5.67. The summed E-state index contributed by atoms with van der Waals surface area (Å²) < 4.78 is 2.73. The summed E-state index contributed by atoms with van der Waals surface area (Å²) in [5, 5.41) is 0.630. The monoisotopic (exact) mass is 351 g/mol. The van der Waals surface area contributed by atoms with E-state index in [1.807, 2.05) is 22.8 Å². The first-order valence-corrected chi connectivity index (χ1v) is 7.49. The zero-order valence-corrected chi connectivity index (χ0v) is 13.5. The van der Waals surface area contributed by atoms with E-state index in [2.05, 4.69) is 33.8 Å². The molecule has 2 N–H and O–H groups in total. The van der Waals surface area contributed by atoms with Crippen LogP contribution in [0.2, 0.25) is 5.02 Å². The van der Waals surface area contributed by atoms with Crippen LogP contribution in [0.15, 0.2) is 22.7 Å². The van der Waals surface area contributed by atoms with E-state index in [0.29, 0.717) is 17.4 Å². The number of aryl methyl sites for hydroxylation is 1. The first-order valence-electron chi connectivity index (χ1n) is 6.32. The molecule has 0 fully saturated rings. The van der Waals surface area contributed by atoms with Gasteiger partial charge >= 0.3 is 0 Å². The second-order valence-electron chi connectivity index (χ2n) is 4.43. The van der Waals surface area contributed by atoms with Crippen molar-refractivity contribution >= 4 is 33.3 Å². The number of anilines is 1. The summed E-state index contributed by atoms with van der Waals surface area (Å²) in [6.45, 7) is 2.53. The second-order valence-corrected chi connectivity index (χ2v) is 5.69. The largest absolute Gasteiger partial charge is 0.383 e. The van der Waals surface area contributed by atoms with Crippen LogP contribution >= 0.6 is 27.5 Å². The van der Waals surface area contributed by atoms with Crippen LogP contribution in [0.5, 0.6) is 0 Å². The number of rotatable bonds is 4. The van der Waals surface area contributed by atoms with Crippen LogP contribution in [0.1, 0.15) is 19.2 Å². The zero-order valence-electron chi connectivity index (χ0n) is 11.2. The van der Waals surface area contributed by atoms with Crippen molar-refractivity contribution < 1.29 is 0 Å². The van der Waals surface area contributed by atoms with Crippen LogP contribution in [0.25, 0.3) is 11.3 Å². The highest BCUT2D eigenvalue weighted by Crippen LogP contribution is 2.32. The molecule has 0 aliphatic heterocycles. The van der Waals surface area contributed by atoms with Gasteiger partial charge in [0, 0.05) is 16.5 Å². The molecule has 104 valence electrons. The molecule has 20 heavy (non-hydrogen) atoms. The third-order valence-electron chi connectivity index (χ3n) is 3.00. The van der Waals surface area contributed by atoms with Crippen molar-refractivity contribution in [3.63, 3.8) is 0 Å². The Balaban J connectivity index is 2.54. The maximum atomic E-state index is 6.19. The molecule has 0 radical (unpaired) electrons. The summed E-state index contributed by atoms with van der Waals surface area (Å²) in [5.74, 6) is 4.12. The fraction of sp³-hybridized carbons (Fsp3) is 0.267. The summed E-state index contributed by atoms with van der Waals surface area (Å²) in [7, 11) is 0. The fourth-order valence-electron chi connectivity index (χ4n) is 2.05. The molecular weight excluding hydrogens is 338 g/mol. The lowest BCUT2D eigenvalue weighted by atomic mass is 10.1. The molecule has 0 aliphatic rings. The van der Waals surface area contributed by atoms with Crippen molar-refractivity contribution in [2.75, 3.05) is 5.73 Å². The van der Waals surface area contributed by atoms with Gasteiger partial charge < -0.3 is 10.3 Å². The number of nitrogens with two attached hydrogens (primary N) is 1. The molecule has 2 aromatic rings. The van der Waals surface area contributed by atoms with Gasteiger partial charge in [0.2, 0.25) is 0 Å². The van der Waals surface area contributed by atoms with E-state index in [9.17, 15) is 0 Å². The second kappa shape index (κ2) is 6.34. The fourth-order valence-corrected chi connectivity index (χ4v) is 2.48. The minimum absolute atomic E-state index is 0.429. The van der Waals surface area contributed by atoms with E-state index in [-0.39, 0.29) is 0 Å². The van der Waals surface area contributed by atoms with Crippen LogP contribution in [-0.4, -0.2) is 9.55 Å². The van der Waals surface area contributed by atoms with Crippen LogP contribution in [-0.2, 0) is 13.0 Å². The molecule has 3 nitrogen and oxygen atoms in total. The lowest BCUT2D eigenvalue weighted by Gasteiger charge is -2.05. The number of nitrogens with zero attached hydrogens (tertiary/aromatic N) is 2. The Morgan fingerprint density at radius 3 is 2.85 bits per heavy atom. The molecule has 0 bridgehead atoms. The molecule has 2 rings (SSSR count). The highest BCUT2D eigenvalue weighted by molar-refractivity contribution is 9.10. The van der Waals surface area contributed by atoms with Crippen molar-refractivity contribution in [3.05, 3.63) is 33.5 Å². The van der Waals surface area contributed by atoms with Crippen LogP contribution in [0.3, 0.4) is 0 Å². The van der Waals surface area contributed by atoms with Gasteiger partial charge in [0.05, 0.1) is 11.6 Å². The summed E-state index contributed by atoms with van der Waals surface area (Å²) in [6.07, 6.45) is 7.24. The lowest BCUT2D eigenvalue weighted by Crippen LogP contribution is -2.06. The molecule has 1 heterocycles. The number of benzene rings is 1. The standard InChI is InChI=1S/C15H15BrClN3/c1-3-5-13-19-14(15(18)20(13)8-4-2)10-6-7-11(16)12(17)9-10/h2,6-7,9H,3,5,8,18H2,1H3. The quantitative estimate of drug-likeness (QED) is 0.841. The minimum atomic E-state index is 0.429. The Kier molecular flexibility index (Phi) is 4.74. The number of nitrogen functional groups attached to an aromatic ring is 1. The Morgan fingerprint density at radius 2 is 2.25 bits per heavy atom. The molecule has 1 aromatic heterocycles. The first kappa shape index (κ1) is 15.0. The van der Waals surface area contributed by atoms with Gasteiger partial charge in [0.15, 0.2) is 0 Å². The molecule has 1 aromatic carbocycles. The summed E-state index contributed by atoms with van der Waals surface area (Å²) >= 11 is 9.50. The van der Waals surface area contributed by atoms with Gasteiger partial charge in [-0.05, 0) is 34.5 Å². The topological polar surface area (TPSA) is 43.8 Å². The van der Waals surface area contributed by atoms with Gasteiger partial charge in [-0.1, -0.05) is 30.5 Å². The Morgan fingerprint density at radius 1 is 1.50 bits per heavy atom. The zero-order chi connectivity index (χ0) is 14.7. The third kappa shape index (κ3) is 2.84. The highest BCUT2D eigenvalue weighted by Gasteiger charge is 2.15.